The first-order valence-electron chi connectivity index (χ1n) is 2.65. The summed E-state index contributed by atoms with van der Waals surface area (Å²) < 4.78 is 0. The lowest BCUT2D eigenvalue weighted by Gasteiger charge is -1.94. The number of carbonyl (C=O) groups is 3. The molecule has 0 saturated carbocycles. The zero-order valence-corrected chi connectivity index (χ0v) is 5.40. The Hall–Kier alpha value is -1.65. The van der Waals surface area contributed by atoms with Crippen molar-refractivity contribution in [3.63, 3.8) is 0 Å². The lowest BCUT2D eigenvalue weighted by Crippen LogP contribution is -2.30. The summed E-state index contributed by atoms with van der Waals surface area (Å²) in [6.07, 6.45) is 1.01. The maximum atomic E-state index is 10.2. The van der Waals surface area contributed by atoms with Crippen LogP contribution in [0.15, 0.2) is 12.2 Å². The molecule has 0 atom stereocenters. The molecule has 0 aliphatic heterocycles. The third-order valence-electron chi connectivity index (χ3n) is 0.755. The second kappa shape index (κ2) is 4.21. The minimum Gasteiger partial charge on any atom is -0.550 e. The fraction of sp³-hybridized carbons (Fsp3) is 0.167. The van der Waals surface area contributed by atoms with E-state index in [-0.39, 0.29) is 0 Å². The number of carbonyl (C=O) groups excluding carboxylic acids is 3. The van der Waals surface area contributed by atoms with Crippen LogP contribution < -0.4 is 10.2 Å². The highest BCUT2D eigenvalue weighted by atomic mass is 16.4. The van der Waals surface area contributed by atoms with Gasteiger partial charge in [0.1, 0.15) is 5.97 Å². The van der Waals surface area contributed by atoms with Crippen LogP contribution in [-0.4, -0.2) is 17.7 Å². The summed E-state index contributed by atoms with van der Waals surface area (Å²) >= 11 is 0. The Morgan fingerprint density at radius 2 is 1.73 bits per heavy atom. The van der Waals surface area contributed by atoms with E-state index in [2.05, 4.69) is 0 Å². The van der Waals surface area contributed by atoms with Gasteiger partial charge in [0.25, 0.3) is 0 Å². The molecule has 0 aliphatic carbocycles. The minimum atomic E-state index is -1.86. The zero-order valence-electron chi connectivity index (χ0n) is 5.40. The fourth-order valence-electron chi connectivity index (χ4n) is 0.330. The number of aliphatic carboxylic acids is 2. The van der Waals surface area contributed by atoms with Gasteiger partial charge < -0.3 is 19.8 Å². The first-order valence-corrected chi connectivity index (χ1v) is 2.65. The van der Waals surface area contributed by atoms with Crippen molar-refractivity contribution >= 4 is 17.7 Å². The molecule has 0 aromatic heterocycles. The van der Waals surface area contributed by atoms with E-state index in [9.17, 15) is 24.6 Å². The van der Waals surface area contributed by atoms with E-state index >= 15 is 0 Å². The molecular weight excluding hydrogens is 152 g/mol. The summed E-state index contributed by atoms with van der Waals surface area (Å²) in [4.78, 5) is 29.6. The third-order valence-corrected chi connectivity index (χ3v) is 0.755. The van der Waals surface area contributed by atoms with E-state index in [1.54, 1.807) is 0 Å². The van der Waals surface area contributed by atoms with Crippen molar-refractivity contribution in [2.24, 2.45) is 0 Å². The first-order chi connectivity index (χ1) is 5.04. The quantitative estimate of drug-likeness (QED) is 0.319. The van der Waals surface area contributed by atoms with E-state index in [1.165, 1.54) is 0 Å². The van der Waals surface area contributed by atoms with Gasteiger partial charge in [-0.1, -0.05) is 6.08 Å². The molecule has 0 aromatic rings. The molecule has 5 nitrogen and oxygen atoms in total. The van der Waals surface area contributed by atoms with E-state index in [4.69, 9.17) is 0 Å². The van der Waals surface area contributed by atoms with E-state index in [0.29, 0.717) is 6.08 Å². The summed E-state index contributed by atoms with van der Waals surface area (Å²) in [5.74, 6) is -4.50. The molecule has 0 rings (SSSR count). The Morgan fingerprint density at radius 3 is 2.09 bits per heavy atom. The summed E-state index contributed by atoms with van der Waals surface area (Å²) in [5, 5.41) is 19.4. The van der Waals surface area contributed by atoms with Gasteiger partial charge in [-0.25, -0.2) is 0 Å². The number of hydrogen-bond acceptors (Lipinski definition) is 5. The van der Waals surface area contributed by atoms with Crippen LogP contribution in [0.3, 0.4) is 0 Å². The lowest BCUT2D eigenvalue weighted by molar-refractivity contribution is -0.304. The molecule has 0 fully saturated rings. The highest BCUT2D eigenvalue weighted by Crippen LogP contribution is 1.81. The zero-order chi connectivity index (χ0) is 8.85. The first kappa shape index (κ1) is 9.35. The molecule has 0 aliphatic rings. The van der Waals surface area contributed by atoms with Gasteiger partial charge >= 0.3 is 0 Å². The Bertz CT molecular complexity index is 215. The highest BCUT2D eigenvalue weighted by Gasteiger charge is 1.93. The number of rotatable bonds is 4. The van der Waals surface area contributed by atoms with Crippen molar-refractivity contribution in [1.29, 1.82) is 0 Å². The molecule has 60 valence electrons. The fourth-order valence-corrected chi connectivity index (χ4v) is 0.330. The molecular formula is C6H4O5-2. The van der Waals surface area contributed by atoms with Crippen LogP contribution in [0.5, 0.6) is 0 Å². The number of carboxylic acid groups (broad SMARTS) is 2. The predicted octanol–water partition coefficient (Wildman–Crippen LogP) is -3.00. The van der Waals surface area contributed by atoms with Gasteiger partial charge in [-0.2, -0.15) is 0 Å². The van der Waals surface area contributed by atoms with Gasteiger partial charge in [0.05, 0.1) is 0 Å². The predicted molar refractivity (Wildman–Crippen MR) is 28.8 cm³/mol. The molecule has 5 heteroatoms. The van der Waals surface area contributed by atoms with Crippen LogP contribution in [-0.2, 0) is 14.4 Å². The molecule has 0 radical (unpaired) electrons. The third kappa shape index (κ3) is 4.83. The topological polar surface area (TPSA) is 97.3 Å². The van der Waals surface area contributed by atoms with E-state index in [1.807, 2.05) is 0 Å². The maximum absolute atomic E-state index is 10.2. The molecule has 0 spiro atoms. The van der Waals surface area contributed by atoms with Gasteiger partial charge in [0.15, 0.2) is 0 Å². The Labute approximate surface area is 61.9 Å². The van der Waals surface area contributed by atoms with Crippen molar-refractivity contribution in [2.45, 2.75) is 6.42 Å². The standard InChI is InChI=1S/C6H6O5/c7-4(6(10)11)2-1-3-5(8)9/h1-2H,3H2,(H,8,9)(H,10,11)/p-2. The largest absolute Gasteiger partial charge is 0.550 e. The van der Waals surface area contributed by atoms with Crippen LogP contribution in [0.2, 0.25) is 0 Å². The number of hydrogen-bond donors (Lipinski definition) is 0. The SMILES string of the molecule is O=C([O-])CC=CC(=O)C(=O)[O-]. The van der Waals surface area contributed by atoms with Crippen LogP contribution in [0.25, 0.3) is 0 Å². The van der Waals surface area contributed by atoms with Gasteiger partial charge in [-0.15, -0.1) is 0 Å². The molecule has 0 heterocycles. The summed E-state index contributed by atoms with van der Waals surface area (Å²) in [6.45, 7) is 0. The van der Waals surface area contributed by atoms with Crippen LogP contribution in [0.1, 0.15) is 6.42 Å². The van der Waals surface area contributed by atoms with Crippen molar-refractivity contribution < 1.29 is 24.6 Å². The van der Waals surface area contributed by atoms with Crippen molar-refractivity contribution in [2.75, 3.05) is 0 Å². The second-order valence-corrected chi connectivity index (χ2v) is 1.63. The molecule has 11 heavy (non-hydrogen) atoms. The van der Waals surface area contributed by atoms with Gasteiger partial charge in [-0.05, 0) is 6.08 Å². The molecule has 0 unspecified atom stereocenters. The van der Waals surface area contributed by atoms with Crippen LogP contribution >= 0.6 is 0 Å². The Balaban J connectivity index is 3.84. The maximum Gasteiger partial charge on any atom is 0.200 e. The second-order valence-electron chi connectivity index (χ2n) is 1.63. The normalized spacial score (nSPS) is 9.82. The molecule has 0 aromatic carbocycles. The minimum absolute atomic E-state index is 0.487. The van der Waals surface area contributed by atoms with Gasteiger partial charge in [0.2, 0.25) is 5.78 Å². The van der Waals surface area contributed by atoms with Gasteiger partial charge in [0, 0.05) is 12.4 Å². The monoisotopic (exact) mass is 156 g/mol. The van der Waals surface area contributed by atoms with Crippen LogP contribution in [0.4, 0.5) is 0 Å². The van der Waals surface area contributed by atoms with E-state index < -0.39 is 24.1 Å². The van der Waals surface area contributed by atoms with E-state index in [0.717, 1.165) is 6.08 Å². The van der Waals surface area contributed by atoms with Gasteiger partial charge in [-0.3, -0.25) is 4.79 Å². The Kier molecular flexibility index (Phi) is 3.58. The average Bonchev–Trinajstić information content (AvgIpc) is 1.86. The highest BCUT2D eigenvalue weighted by molar-refractivity contribution is 6.36. The molecule has 0 N–H and O–H groups in total. The summed E-state index contributed by atoms with van der Waals surface area (Å²) in [6, 6.07) is 0. The van der Waals surface area contributed by atoms with Crippen molar-refractivity contribution in [3.05, 3.63) is 12.2 Å². The smallest absolute Gasteiger partial charge is 0.200 e. The molecule has 0 amide bonds. The average molecular weight is 156 g/mol. The summed E-state index contributed by atoms with van der Waals surface area (Å²) in [7, 11) is 0. The van der Waals surface area contributed by atoms with Crippen molar-refractivity contribution in [1.82, 2.24) is 0 Å². The van der Waals surface area contributed by atoms with Crippen molar-refractivity contribution in [3.8, 4) is 0 Å². The molecule has 0 saturated heterocycles. The Morgan fingerprint density at radius 1 is 1.18 bits per heavy atom. The van der Waals surface area contributed by atoms with Crippen LogP contribution in [0, 0.1) is 0 Å². The number of carboxylic acids is 2. The summed E-state index contributed by atoms with van der Waals surface area (Å²) in [5.41, 5.74) is 0. The lowest BCUT2D eigenvalue weighted by atomic mass is 10.3. The number of ketones is 1. The molecule has 0 bridgehead atoms.